The molecule has 0 N–H and O–H groups in total. The molecule has 2 unspecified atom stereocenters. The molecule has 1 fully saturated rings. The quantitative estimate of drug-likeness (QED) is 0.547. The van der Waals surface area contributed by atoms with Gasteiger partial charge in [0.1, 0.15) is 4.88 Å². The third-order valence-corrected chi connectivity index (χ3v) is 8.32. The van der Waals surface area contributed by atoms with Crippen molar-refractivity contribution in [2.75, 3.05) is 18.1 Å². The summed E-state index contributed by atoms with van der Waals surface area (Å²) in [6.45, 7) is 3.77. The molecule has 0 bridgehead atoms. The molecule has 6 nitrogen and oxygen atoms in total. The van der Waals surface area contributed by atoms with Gasteiger partial charge in [0.15, 0.2) is 15.9 Å². The Morgan fingerprint density at radius 1 is 1.30 bits per heavy atom. The first kappa shape index (κ1) is 20.3. The van der Waals surface area contributed by atoms with E-state index in [0.29, 0.717) is 17.8 Å². The van der Waals surface area contributed by atoms with Crippen LogP contribution in [0.1, 0.15) is 59.6 Å². The van der Waals surface area contributed by atoms with Crippen LogP contribution in [0.4, 0.5) is 0 Å². The number of carbonyl (C=O) groups excluding carboxylic acids is 2. The van der Waals surface area contributed by atoms with Crippen LogP contribution in [0.15, 0.2) is 6.07 Å². The van der Waals surface area contributed by atoms with E-state index in [1.807, 2.05) is 13.0 Å². The van der Waals surface area contributed by atoms with Crippen LogP contribution in [0.2, 0.25) is 0 Å². The van der Waals surface area contributed by atoms with Crippen LogP contribution in [0.25, 0.3) is 0 Å². The summed E-state index contributed by atoms with van der Waals surface area (Å²) in [6, 6.07) is 1.58. The van der Waals surface area contributed by atoms with E-state index >= 15 is 0 Å². The second kappa shape index (κ2) is 8.31. The van der Waals surface area contributed by atoms with E-state index in [-0.39, 0.29) is 23.5 Å². The van der Waals surface area contributed by atoms with Crippen molar-refractivity contribution in [1.82, 2.24) is 4.90 Å². The van der Waals surface area contributed by atoms with Gasteiger partial charge in [-0.15, -0.1) is 11.3 Å². The number of likely N-dealkylation sites (N-methyl/N-ethyl adjacent to an activating group) is 1. The topological polar surface area (TPSA) is 80.8 Å². The highest BCUT2D eigenvalue weighted by Crippen LogP contribution is 2.29. The first-order valence-electron chi connectivity index (χ1n) is 9.64. The summed E-state index contributed by atoms with van der Waals surface area (Å²) in [5.41, 5.74) is 1.23. The molecule has 2 aliphatic rings. The Hall–Kier alpha value is -1.41. The van der Waals surface area contributed by atoms with Gasteiger partial charge >= 0.3 is 5.97 Å². The molecule has 1 aromatic rings. The molecule has 1 saturated heterocycles. The molecule has 8 heteroatoms. The van der Waals surface area contributed by atoms with Gasteiger partial charge < -0.3 is 9.64 Å². The Morgan fingerprint density at radius 2 is 2.04 bits per heavy atom. The molecule has 1 aromatic heterocycles. The number of nitrogens with zero attached hydrogens (tertiary/aromatic N) is 1. The van der Waals surface area contributed by atoms with Gasteiger partial charge in [0.05, 0.1) is 11.5 Å². The van der Waals surface area contributed by atoms with Crippen molar-refractivity contribution in [3.8, 4) is 0 Å². The van der Waals surface area contributed by atoms with Gasteiger partial charge in [-0.2, -0.15) is 0 Å². The number of aryl methyl sites for hydroxylation is 2. The highest BCUT2D eigenvalue weighted by atomic mass is 32.2. The number of thiophene rings is 1. The number of rotatable bonds is 5. The molecule has 1 aliphatic carbocycles. The maximum Gasteiger partial charge on any atom is 0.349 e. The highest BCUT2D eigenvalue weighted by molar-refractivity contribution is 7.91. The fraction of sp³-hybridized carbons (Fsp3) is 0.684. The van der Waals surface area contributed by atoms with Crippen LogP contribution in [-0.2, 0) is 32.2 Å². The van der Waals surface area contributed by atoms with E-state index in [1.165, 1.54) is 33.1 Å². The number of carbonyl (C=O) groups is 2. The zero-order valence-electron chi connectivity index (χ0n) is 15.9. The normalized spacial score (nSPS) is 22.5. The minimum absolute atomic E-state index is 0.00904. The standard InChI is InChI=1S/C19H27NO5S2/c1-3-20(15-9-10-27(23,24)12-15)18(21)13(2)25-19(22)17-11-14-7-5-4-6-8-16(14)26-17/h11,13,15H,3-10,12H2,1-2H3. The van der Waals surface area contributed by atoms with Gasteiger partial charge in [-0.3, -0.25) is 4.79 Å². The van der Waals surface area contributed by atoms with E-state index in [1.54, 1.807) is 6.92 Å². The number of hydrogen-bond acceptors (Lipinski definition) is 6. The van der Waals surface area contributed by atoms with Crippen LogP contribution in [0.3, 0.4) is 0 Å². The SMILES string of the molecule is CCN(C(=O)C(C)OC(=O)c1cc2c(s1)CCCCC2)C1CCS(=O)(=O)C1. The molecular formula is C19H27NO5S2. The zero-order valence-corrected chi connectivity index (χ0v) is 17.5. The van der Waals surface area contributed by atoms with Crippen molar-refractivity contribution >= 4 is 33.1 Å². The van der Waals surface area contributed by atoms with E-state index < -0.39 is 21.9 Å². The van der Waals surface area contributed by atoms with Crippen molar-refractivity contribution < 1.29 is 22.7 Å². The summed E-state index contributed by atoms with van der Waals surface area (Å²) >= 11 is 1.47. The lowest BCUT2D eigenvalue weighted by molar-refractivity contribution is -0.141. The summed E-state index contributed by atoms with van der Waals surface area (Å²) in [5.74, 6) is -0.698. The maximum absolute atomic E-state index is 12.7. The Bertz CT molecular complexity index is 791. The number of esters is 1. The lowest BCUT2D eigenvalue weighted by Gasteiger charge is -2.29. The third kappa shape index (κ3) is 4.71. The van der Waals surface area contributed by atoms with E-state index in [2.05, 4.69) is 0 Å². The second-order valence-electron chi connectivity index (χ2n) is 7.35. The van der Waals surface area contributed by atoms with Gasteiger partial charge in [-0.05, 0) is 57.6 Å². The molecule has 1 aliphatic heterocycles. The number of fused-ring (bicyclic) bond motifs is 1. The highest BCUT2D eigenvalue weighted by Gasteiger charge is 2.36. The van der Waals surface area contributed by atoms with Crippen LogP contribution >= 0.6 is 11.3 Å². The predicted octanol–water partition coefficient (Wildman–Crippen LogP) is 2.60. The van der Waals surface area contributed by atoms with Gasteiger partial charge in [-0.25, -0.2) is 13.2 Å². The molecule has 0 saturated carbocycles. The molecule has 27 heavy (non-hydrogen) atoms. The number of sulfone groups is 1. The largest absolute Gasteiger partial charge is 0.448 e. The second-order valence-corrected chi connectivity index (χ2v) is 10.7. The lowest BCUT2D eigenvalue weighted by atomic mass is 10.1. The van der Waals surface area contributed by atoms with Crippen molar-refractivity contribution in [1.29, 1.82) is 0 Å². The molecule has 150 valence electrons. The first-order chi connectivity index (χ1) is 12.8. The number of amides is 1. The fourth-order valence-electron chi connectivity index (χ4n) is 3.89. The average molecular weight is 414 g/mol. The molecular weight excluding hydrogens is 386 g/mol. The van der Waals surface area contributed by atoms with Crippen molar-refractivity contribution in [3.63, 3.8) is 0 Å². The molecule has 2 heterocycles. The van der Waals surface area contributed by atoms with Crippen LogP contribution in [0.5, 0.6) is 0 Å². The Morgan fingerprint density at radius 3 is 2.70 bits per heavy atom. The Balaban J connectivity index is 1.64. The Labute approximate surface area is 164 Å². The van der Waals surface area contributed by atoms with Crippen molar-refractivity contribution in [2.45, 2.75) is 64.5 Å². The van der Waals surface area contributed by atoms with Crippen LogP contribution in [-0.4, -0.2) is 55.4 Å². The summed E-state index contributed by atoms with van der Waals surface area (Å²) in [6.07, 6.45) is 5.02. The predicted molar refractivity (Wildman–Crippen MR) is 105 cm³/mol. The van der Waals surface area contributed by atoms with Gasteiger partial charge in [0.25, 0.3) is 5.91 Å². The third-order valence-electron chi connectivity index (χ3n) is 5.35. The molecule has 3 rings (SSSR count). The summed E-state index contributed by atoms with van der Waals surface area (Å²) in [5, 5.41) is 0. The maximum atomic E-state index is 12.7. The molecule has 0 spiro atoms. The fourth-order valence-corrected chi connectivity index (χ4v) is 6.75. The molecule has 2 atom stereocenters. The van der Waals surface area contributed by atoms with E-state index in [4.69, 9.17) is 4.74 Å². The lowest BCUT2D eigenvalue weighted by Crippen LogP contribution is -2.46. The van der Waals surface area contributed by atoms with Gasteiger partial charge in [0, 0.05) is 17.5 Å². The number of hydrogen-bond donors (Lipinski definition) is 0. The van der Waals surface area contributed by atoms with Crippen molar-refractivity contribution in [2.24, 2.45) is 0 Å². The smallest absolute Gasteiger partial charge is 0.349 e. The summed E-state index contributed by atoms with van der Waals surface area (Å²) < 4.78 is 28.9. The first-order valence-corrected chi connectivity index (χ1v) is 12.3. The van der Waals surface area contributed by atoms with Crippen LogP contribution < -0.4 is 0 Å². The van der Waals surface area contributed by atoms with Gasteiger partial charge in [-0.1, -0.05) is 6.42 Å². The Kier molecular flexibility index (Phi) is 6.25. The monoisotopic (exact) mass is 413 g/mol. The van der Waals surface area contributed by atoms with E-state index in [0.717, 1.165) is 25.7 Å². The summed E-state index contributed by atoms with van der Waals surface area (Å²) in [4.78, 5) is 28.6. The average Bonchev–Trinajstić information content (AvgIpc) is 3.11. The van der Waals surface area contributed by atoms with Crippen LogP contribution in [0, 0.1) is 0 Å². The van der Waals surface area contributed by atoms with E-state index in [9.17, 15) is 18.0 Å². The number of ether oxygens (including phenoxy) is 1. The molecule has 1 amide bonds. The van der Waals surface area contributed by atoms with Crippen molar-refractivity contribution in [3.05, 3.63) is 21.4 Å². The van der Waals surface area contributed by atoms with Gasteiger partial charge in [0.2, 0.25) is 0 Å². The molecule has 0 aromatic carbocycles. The zero-order chi connectivity index (χ0) is 19.6. The minimum Gasteiger partial charge on any atom is -0.448 e. The summed E-state index contributed by atoms with van der Waals surface area (Å²) in [7, 11) is -3.08. The molecule has 0 radical (unpaired) electrons. The minimum atomic E-state index is -3.08.